The van der Waals surface area contributed by atoms with Crippen LogP contribution < -0.4 is 5.32 Å². The first kappa shape index (κ1) is 13.5. The number of rotatable bonds is 6. The Labute approximate surface area is 113 Å². The highest BCUT2D eigenvalue weighted by atomic mass is 32.1. The smallest absolute Gasteiger partial charge is 0.194 e. The van der Waals surface area contributed by atoms with E-state index >= 15 is 0 Å². The molecule has 2 heterocycles. The Balaban J connectivity index is 1.96. The van der Waals surface area contributed by atoms with E-state index in [4.69, 9.17) is 0 Å². The van der Waals surface area contributed by atoms with E-state index in [1.165, 1.54) is 10.6 Å². The summed E-state index contributed by atoms with van der Waals surface area (Å²) < 4.78 is 2.21. The van der Waals surface area contributed by atoms with Gasteiger partial charge in [-0.25, -0.2) is 4.98 Å². The number of imidazole rings is 1. The second-order valence-electron chi connectivity index (χ2n) is 4.71. The second kappa shape index (κ2) is 5.82. The lowest BCUT2D eigenvalue weighted by Gasteiger charge is -2.13. The minimum absolute atomic E-state index is 0.890. The van der Waals surface area contributed by atoms with Crippen LogP contribution in [0.15, 0.2) is 6.20 Å². The molecule has 0 saturated carbocycles. The number of thiazole rings is 1. The zero-order valence-corrected chi connectivity index (χ0v) is 12.5. The summed E-state index contributed by atoms with van der Waals surface area (Å²) in [5, 5.41) is 3.50. The van der Waals surface area contributed by atoms with Crippen LogP contribution in [0.2, 0.25) is 0 Å². The van der Waals surface area contributed by atoms with Crippen LogP contribution in [-0.4, -0.2) is 41.0 Å². The summed E-state index contributed by atoms with van der Waals surface area (Å²) in [5.41, 5.74) is 2.42. The summed E-state index contributed by atoms with van der Waals surface area (Å²) in [5.74, 6) is 0. The molecule has 4 nitrogen and oxygen atoms in total. The van der Waals surface area contributed by atoms with E-state index in [0.29, 0.717) is 0 Å². The molecule has 0 atom stereocenters. The van der Waals surface area contributed by atoms with E-state index in [0.717, 1.165) is 36.8 Å². The molecule has 0 aliphatic carbocycles. The van der Waals surface area contributed by atoms with Crippen molar-refractivity contribution in [1.82, 2.24) is 19.6 Å². The topological polar surface area (TPSA) is 32.6 Å². The molecule has 0 fully saturated rings. The van der Waals surface area contributed by atoms with Gasteiger partial charge in [0.15, 0.2) is 4.96 Å². The Morgan fingerprint density at radius 2 is 2.22 bits per heavy atom. The van der Waals surface area contributed by atoms with Gasteiger partial charge in [-0.3, -0.25) is 4.40 Å². The molecule has 0 saturated heterocycles. The van der Waals surface area contributed by atoms with E-state index in [1.54, 1.807) is 11.3 Å². The van der Waals surface area contributed by atoms with E-state index in [9.17, 15) is 0 Å². The number of aryl methyl sites for hydroxylation is 2. The van der Waals surface area contributed by atoms with Gasteiger partial charge in [0.1, 0.15) is 0 Å². The summed E-state index contributed by atoms with van der Waals surface area (Å²) >= 11 is 1.75. The highest BCUT2D eigenvalue weighted by molar-refractivity contribution is 7.17. The summed E-state index contributed by atoms with van der Waals surface area (Å²) in [6.07, 6.45) is 2.18. The van der Waals surface area contributed by atoms with Crippen LogP contribution in [0, 0.1) is 13.8 Å². The molecule has 5 heteroatoms. The van der Waals surface area contributed by atoms with E-state index in [-0.39, 0.29) is 0 Å². The SMILES string of the molecule is CCN(C)CCNCc1c(C)nc2sc(C)cn12. The van der Waals surface area contributed by atoms with Crippen LogP contribution >= 0.6 is 11.3 Å². The quantitative estimate of drug-likeness (QED) is 0.812. The lowest BCUT2D eigenvalue weighted by atomic mass is 10.3. The highest BCUT2D eigenvalue weighted by Crippen LogP contribution is 2.20. The van der Waals surface area contributed by atoms with Crippen LogP contribution in [0.25, 0.3) is 4.96 Å². The number of nitrogens with one attached hydrogen (secondary N) is 1. The molecule has 18 heavy (non-hydrogen) atoms. The zero-order valence-electron chi connectivity index (χ0n) is 11.7. The van der Waals surface area contributed by atoms with E-state index in [1.807, 2.05) is 0 Å². The van der Waals surface area contributed by atoms with Gasteiger partial charge in [0.25, 0.3) is 0 Å². The van der Waals surface area contributed by atoms with Gasteiger partial charge in [-0.15, -0.1) is 11.3 Å². The van der Waals surface area contributed by atoms with Crippen LogP contribution in [0.1, 0.15) is 23.2 Å². The number of hydrogen-bond acceptors (Lipinski definition) is 4. The number of hydrogen-bond donors (Lipinski definition) is 1. The maximum Gasteiger partial charge on any atom is 0.194 e. The van der Waals surface area contributed by atoms with Gasteiger partial charge in [0.05, 0.1) is 11.4 Å². The molecule has 1 N–H and O–H groups in total. The molecule has 2 aromatic rings. The monoisotopic (exact) mass is 266 g/mol. The number of likely N-dealkylation sites (N-methyl/N-ethyl adjacent to an activating group) is 1. The maximum absolute atomic E-state index is 4.60. The summed E-state index contributed by atoms with van der Waals surface area (Å²) in [7, 11) is 2.15. The fraction of sp³-hybridized carbons (Fsp3) is 0.615. The average molecular weight is 266 g/mol. The lowest BCUT2D eigenvalue weighted by molar-refractivity contribution is 0.348. The third kappa shape index (κ3) is 2.91. The predicted molar refractivity (Wildman–Crippen MR) is 77.4 cm³/mol. The van der Waals surface area contributed by atoms with Gasteiger partial charge >= 0.3 is 0 Å². The Morgan fingerprint density at radius 3 is 2.94 bits per heavy atom. The molecule has 100 valence electrons. The summed E-state index contributed by atoms with van der Waals surface area (Å²) in [4.78, 5) is 9.31. The molecule has 2 aromatic heterocycles. The van der Waals surface area contributed by atoms with Crippen molar-refractivity contribution in [3.8, 4) is 0 Å². The van der Waals surface area contributed by atoms with Gasteiger partial charge in [-0.1, -0.05) is 6.92 Å². The predicted octanol–water partition coefficient (Wildman–Crippen LogP) is 2.05. The first-order chi connectivity index (χ1) is 8.61. The second-order valence-corrected chi connectivity index (χ2v) is 5.92. The fourth-order valence-electron chi connectivity index (χ4n) is 1.96. The van der Waals surface area contributed by atoms with Crippen molar-refractivity contribution in [3.05, 3.63) is 22.5 Å². The molecule has 0 radical (unpaired) electrons. The van der Waals surface area contributed by atoms with Crippen LogP contribution in [-0.2, 0) is 6.54 Å². The van der Waals surface area contributed by atoms with Crippen molar-refractivity contribution >= 4 is 16.3 Å². The highest BCUT2D eigenvalue weighted by Gasteiger charge is 2.10. The van der Waals surface area contributed by atoms with Crippen molar-refractivity contribution < 1.29 is 0 Å². The van der Waals surface area contributed by atoms with Gasteiger partial charge in [-0.2, -0.15) is 0 Å². The van der Waals surface area contributed by atoms with Gasteiger partial charge in [-0.05, 0) is 27.4 Å². The minimum atomic E-state index is 0.890. The first-order valence-corrected chi connectivity index (χ1v) is 7.26. The number of aromatic nitrogens is 2. The lowest BCUT2D eigenvalue weighted by Crippen LogP contribution is -2.29. The van der Waals surface area contributed by atoms with Crippen LogP contribution in [0.3, 0.4) is 0 Å². The minimum Gasteiger partial charge on any atom is -0.310 e. The van der Waals surface area contributed by atoms with Crippen molar-refractivity contribution in [2.75, 3.05) is 26.7 Å². The molecule has 0 bridgehead atoms. The van der Waals surface area contributed by atoms with Crippen molar-refractivity contribution in [3.63, 3.8) is 0 Å². The fourth-order valence-corrected chi connectivity index (χ4v) is 2.85. The third-order valence-corrected chi connectivity index (χ3v) is 4.14. The molecule has 0 amide bonds. The molecular weight excluding hydrogens is 244 g/mol. The standard InChI is InChI=1S/C13H22N4S/c1-5-16(4)7-6-14-8-12-11(3)15-13-17(12)9-10(2)18-13/h9,14H,5-8H2,1-4H3. The van der Waals surface area contributed by atoms with Gasteiger partial charge in [0, 0.05) is 30.7 Å². The molecule has 0 aromatic carbocycles. The maximum atomic E-state index is 4.60. The molecule has 2 rings (SSSR count). The largest absolute Gasteiger partial charge is 0.310 e. The first-order valence-electron chi connectivity index (χ1n) is 6.45. The molecule has 0 aliphatic rings. The van der Waals surface area contributed by atoms with Crippen LogP contribution in [0.4, 0.5) is 0 Å². The van der Waals surface area contributed by atoms with E-state index in [2.05, 4.69) is 53.6 Å². The van der Waals surface area contributed by atoms with E-state index < -0.39 is 0 Å². The Kier molecular flexibility index (Phi) is 4.37. The zero-order chi connectivity index (χ0) is 13.1. The number of nitrogens with zero attached hydrogens (tertiary/aromatic N) is 3. The van der Waals surface area contributed by atoms with Gasteiger partial charge in [0.2, 0.25) is 0 Å². The summed E-state index contributed by atoms with van der Waals surface area (Å²) in [6.45, 7) is 10.5. The van der Waals surface area contributed by atoms with Crippen molar-refractivity contribution in [2.24, 2.45) is 0 Å². The average Bonchev–Trinajstić information content (AvgIpc) is 2.81. The van der Waals surface area contributed by atoms with Crippen molar-refractivity contribution in [1.29, 1.82) is 0 Å². The van der Waals surface area contributed by atoms with Crippen LogP contribution in [0.5, 0.6) is 0 Å². The Morgan fingerprint density at radius 1 is 1.44 bits per heavy atom. The Bertz CT molecular complexity index is 514. The molecular formula is C13H22N4S. The Hall–Kier alpha value is -0.910. The molecule has 0 unspecified atom stereocenters. The van der Waals surface area contributed by atoms with Gasteiger partial charge < -0.3 is 10.2 Å². The molecule has 0 spiro atoms. The molecule has 0 aliphatic heterocycles. The summed E-state index contributed by atoms with van der Waals surface area (Å²) in [6, 6.07) is 0. The number of fused-ring (bicyclic) bond motifs is 1. The third-order valence-electron chi connectivity index (χ3n) is 3.24. The normalized spacial score (nSPS) is 11.8. The van der Waals surface area contributed by atoms with Crippen molar-refractivity contribution in [2.45, 2.75) is 27.3 Å².